The van der Waals surface area contributed by atoms with Crippen LogP contribution in [0.15, 0.2) is 0 Å². The molecule has 2 amide bonds. The van der Waals surface area contributed by atoms with Gasteiger partial charge in [0.1, 0.15) is 11.6 Å². The lowest BCUT2D eigenvalue weighted by Crippen LogP contribution is -2.72. The maximum Gasteiger partial charge on any atom is 0.249 e. The summed E-state index contributed by atoms with van der Waals surface area (Å²) in [6.45, 7) is 4.62. The van der Waals surface area contributed by atoms with Crippen LogP contribution in [0.2, 0.25) is 0 Å². The molecular weight excluding hydrogens is 268 g/mol. The molecule has 0 radical (unpaired) electrons. The quantitative estimate of drug-likeness (QED) is 0.841. The van der Waals surface area contributed by atoms with Gasteiger partial charge in [-0.1, -0.05) is 19.3 Å². The summed E-state index contributed by atoms with van der Waals surface area (Å²) >= 11 is 0. The van der Waals surface area contributed by atoms with E-state index < -0.39 is 11.6 Å². The van der Waals surface area contributed by atoms with Crippen molar-refractivity contribution in [2.45, 2.75) is 82.5 Å². The van der Waals surface area contributed by atoms with E-state index in [-0.39, 0.29) is 24.0 Å². The first kappa shape index (κ1) is 14.8. The second-order valence-corrected chi connectivity index (χ2v) is 6.81. The number of nitrogens with zero attached hydrogens (tertiary/aromatic N) is 1. The van der Waals surface area contributed by atoms with Crippen molar-refractivity contribution in [3.63, 3.8) is 0 Å². The molecule has 3 fully saturated rings. The first-order chi connectivity index (χ1) is 10.1. The zero-order chi connectivity index (χ0) is 15.0. The highest BCUT2D eigenvalue weighted by molar-refractivity contribution is 5.99. The number of rotatable bonds is 2. The monoisotopic (exact) mass is 294 g/mol. The van der Waals surface area contributed by atoms with E-state index in [4.69, 9.17) is 4.74 Å². The summed E-state index contributed by atoms with van der Waals surface area (Å²) in [6, 6.07) is -0.427. The molecule has 2 aliphatic heterocycles. The van der Waals surface area contributed by atoms with E-state index in [2.05, 4.69) is 5.32 Å². The minimum absolute atomic E-state index is 0.0126. The molecule has 2 heterocycles. The van der Waals surface area contributed by atoms with E-state index in [0.29, 0.717) is 0 Å². The Kier molecular flexibility index (Phi) is 3.95. The molecule has 1 N–H and O–H groups in total. The number of nitrogens with one attached hydrogen (secondary N) is 1. The van der Waals surface area contributed by atoms with Crippen LogP contribution in [0.25, 0.3) is 0 Å². The zero-order valence-corrected chi connectivity index (χ0v) is 13.1. The van der Waals surface area contributed by atoms with Gasteiger partial charge in [-0.2, -0.15) is 0 Å². The number of hydrogen-bond donors (Lipinski definition) is 1. The van der Waals surface area contributed by atoms with Gasteiger partial charge in [-0.25, -0.2) is 0 Å². The fourth-order valence-corrected chi connectivity index (χ4v) is 4.14. The average molecular weight is 294 g/mol. The van der Waals surface area contributed by atoms with Gasteiger partial charge in [0.2, 0.25) is 11.8 Å². The molecule has 5 nitrogen and oxygen atoms in total. The van der Waals surface area contributed by atoms with Gasteiger partial charge in [-0.15, -0.1) is 0 Å². The zero-order valence-electron chi connectivity index (χ0n) is 13.1. The molecule has 0 bridgehead atoms. The Morgan fingerprint density at radius 1 is 1.24 bits per heavy atom. The largest absolute Gasteiger partial charge is 0.376 e. The molecule has 1 spiro atoms. The molecule has 0 aromatic heterocycles. The van der Waals surface area contributed by atoms with Crippen LogP contribution in [0.5, 0.6) is 0 Å². The van der Waals surface area contributed by atoms with Crippen molar-refractivity contribution in [1.29, 1.82) is 0 Å². The molecule has 0 aromatic rings. The molecule has 3 aliphatic rings. The van der Waals surface area contributed by atoms with E-state index in [9.17, 15) is 9.59 Å². The fraction of sp³-hybridized carbons (Fsp3) is 0.875. The van der Waals surface area contributed by atoms with Crippen LogP contribution in [0, 0.1) is 0 Å². The van der Waals surface area contributed by atoms with Crippen molar-refractivity contribution in [3.8, 4) is 0 Å². The van der Waals surface area contributed by atoms with Crippen molar-refractivity contribution in [2.75, 3.05) is 6.61 Å². The molecule has 118 valence electrons. The van der Waals surface area contributed by atoms with Crippen molar-refractivity contribution < 1.29 is 14.3 Å². The minimum Gasteiger partial charge on any atom is -0.376 e. The van der Waals surface area contributed by atoms with Gasteiger partial charge < -0.3 is 15.0 Å². The Hall–Kier alpha value is -1.10. The molecule has 5 heteroatoms. The van der Waals surface area contributed by atoms with Gasteiger partial charge in [0.05, 0.1) is 12.1 Å². The number of carbonyl (C=O) groups is 2. The lowest BCUT2D eigenvalue weighted by molar-refractivity contribution is -0.161. The topological polar surface area (TPSA) is 58.6 Å². The van der Waals surface area contributed by atoms with Crippen LogP contribution in [0.4, 0.5) is 0 Å². The summed E-state index contributed by atoms with van der Waals surface area (Å²) in [4.78, 5) is 27.3. The molecule has 0 aromatic carbocycles. The first-order valence-corrected chi connectivity index (χ1v) is 8.31. The van der Waals surface area contributed by atoms with Gasteiger partial charge in [0.25, 0.3) is 0 Å². The molecule has 3 rings (SSSR count). The van der Waals surface area contributed by atoms with Crippen LogP contribution >= 0.6 is 0 Å². The number of ether oxygens (including phenoxy) is 1. The molecule has 2 saturated heterocycles. The Morgan fingerprint density at radius 2 is 1.95 bits per heavy atom. The molecule has 1 aliphatic carbocycles. The fourth-order valence-electron chi connectivity index (χ4n) is 4.14. The maximum absolute atomic E-state index is 13.1. The normalized spacial score (nSPS) is 34.1. The lowest BCUT2D eigenvalue weighted by atomic mass is 9.78. The minimum atomic E-state index is -0.644. The standard InChI is InChI=1S/C16H26N2O3/c1-11(13-7-6-10-21-13)18-12(2)14(19)17-16(15(18)20)8-4-3-5-9-16/h11-13H,3-10H2,1-2H3,(H,17,19). The van der Waals surface area contributed by atoms with Gasteiger partial charge in [-0.3, -0.25) is 9.59 Å². The van der Waals surface area contributed by atoms with E-state index in [1.165, 1.54) is 0 Å². The third-order valence-electron chi connectivity index (χ3n) is 5.45. The summed E-state index contributed by atoms with van der Waals surface area (Å²) in [5.41, 5.74) is -0.644. The molecule has 1 saturated carbocycles. The van der Waals surface area contributed by atoms with Crippen molar-refractivity contribution in [2.24, 2.45) is 0 Å². The first-order valence-electron chi connectivity index (χ1n) is 8.31. The van der Waals surface area contributed by atoms with E-state index in [0.717, 1.165) is 51.6 Å². The van der Waals surface area contributed by atoms with Crippen molar-refractivity contribution >= 4 is 11.8 Å². The van der Waals surface area contributed by atoms with Crippen molar-refractivity contribution in [3.05, 3.63) is 0 Å². The highest BCUT2D eigenvalue weighted by atomic mass is 16.5. The van der Waals surface area contributed by atoms with Crippen LogP contribution in [-0.2, 0) is 14.3 Å². The van der Waals surface area contributed by atoms with Gasteiger partial charge in [0.15, 0.2) is 0 Å². The van der Waals surface area contributed by atoms with Crippen molar-refractivity contribution in [1.82, 2.24) is 10.2 Å². The maximum atomic E-state index is 13.1. The van der Waals surface area contributed by atoms with E-state index in [1.54, 1.807) is 4.90 Å². The predicted octanol–water partition coefficient (Wildman–Crippen LogP) is 1.60. The molecule has 3 unspecified atom stereocenters. The Balaban J connectivity index is 1.85. The van der Waals surface area contributed by atoms with Crippen LogP contribution < -0.4 is 5.32 Å². The summed E-state index contributed by atoms with van der Waals surface area (Å²) in [5.74, 6) is 0.0960. The predicted molar refractivity (Wildman–Crippen MR) is 78.7 cm³/mol. The number of amides is 2. The Morgan fingerprint density at radius 3 is 2.57 bits per heavy atom. The number of carbonyl (C=O) groups excluding carboxylic acids is 2. The molecular formula is C16H26N2O3. The van der Waals surface area contributed by atoms with Gasteiger partial charge in [-0.05, 0) is 39.5 Å². The van der Waals surface area contributed by atoms with Crippen LogP contribution in [0.1, 0.15) is 58.8 Å². The highest BCUT2D eigenvalue weighted by Gasteiger charge is 2.52. The van der Waals surface area contributed by atoms with E-state index in [1.807, 2.05) is 13.8 Å². The molecule has 21 heavy (non-hydrogen) atoms. The Labute approximate surface area is 126 Å². The summed E-state index contributed by atoms with van der Waals surface area (Å²) < 4.78 is 5.75. The highest BCUT2D eigenvalue weighted by Crippen LogP contribution is 2.35. The second-order valence-electron chi connectivity index (χ2n) is 6.81. The smallest absolute Gasteiger partial charge is 0.249 e. The molecule has 3 atom stereocenters. The summed E-state index contributed by atoms with van der Waals surface area (Å²) in [5, 5.41) is 3.04. The SMILES string of the molecule is CC1C(=O)NC2(CCCCC2)C(=O)N1C(C)C1CCCO1. The summed E-state index contributed by atoms with van der Waals surface area (Å²) in [7, 11) is 0. The Bertz CT molecular complexity index is 425. The van der Waals surface area contributed by atoms with Crippen LogP contribution in [-0.4, -0.2) is 47.0 Å². The lowest BCUT2D eigenvalue weighted by Gasteiger charge is -2.49. The van der Waals surface area contributed by atoms with Crippen LogP contribution in [0.3, 0.4) is 0 Å². The number of piperazine rings is 1. The van der Waals surface area contributed by atoms with Gasteiger partial charge in [0, 0.05) is 6.61 Å². The third-order valence-corrected chi connectivity index (χ3v) is 5.45. The second kappa shape index (κ2) is 5.59. The number of hydrogen-bond acceptors (Lipinski definition) is 3. The summed E-state index contributed by atoms with van der Waals surface area (Å²) in [6.07, 6.45) is 6.84. The third kappa shape index (κ3) is 2.45. The van der Waals surface area contributed by atoms with E-state index >= 15 is 0 Å². The average Bonchev–Trinajstić information content (AvgIpc) is 3.01. The van der Waals surface area contributed by atoms with Gasteiger partial charge >= 0.3 is 0 Å².